The number of unbranched alkanes of at least 4 members (excludes halogenated alkanes) is 3. The van der Waals surface area contributed by atoms with Gasteiger partial charge in [-0.2, -0.15) is 0 Å². The van der Waals surface area contributed by atoms with Crippen LogP contribution in [-0.2, 0) is 9.59 Å². The number of carbonyl (C=O) groups is 2. The minimum Gasteiger partial charge on any atom is -0.303 e. The van der Waals surface area contributed by atoms with Gasteiger partial charge in [0.05, 0.1) is 12.5 Å². The van der Waals surface area contributed by atoms with Crippen LogP contribution in [0.2, 0.25) is 0 Å². The lowest BCUT2D eigenvalue weighted by Gasteiger charge is -2.23. The molecule has 1 N–H and O–H groups in total. The lowest BCUT2D eigenvalue weighted by Crippen LogP contribution is -2.45. The highest BCUT2D eigenvalue weighted by molar-refractivity contribution is 6.05. The number of hydrogen-bond acceptors (Lipinski definition) is 3. The van der Waals surface area contributed by atoms with Crippen molar-refractivity contribution in [1.29, 1.82) is 0 Å². The van der Waals surface area contributed by atoms with Crippen LogP contribution in [0.5, 0.6) is 0 Å². The average Bonchev–Trinajstić information content (AvgIpc) is 2.69. The van der Waals surface area contributed by atoms with Crippen LogP contribution in [0, 0.1) is 0 Å². The van der Waals surface area contributed by atoms with E-state index < -0.39 is 0 Å². The summed E-state index contributed by atoms with van der Waals surface area (Å²) in [4.78, 5) is 25.7. The Morgan fingerprint density at radius 1 is 1.20 bits per heavy atom. The molecule has 1 rings (SSSR count). The lowest BCUT2D eigenvalue weighted by atomic mass is 10.1. The van der Waals surface area contributed by atoms with Gasteiger partial charge in [-0.15, -0.1) is 0 Å². The first-order valence-corrected chi connectivity index (χ1v) is 8.13. The molecule has 1 aliphatic heterocycles. The summed E-state index contributed by atoms with van der Waals surface area (Å²) in [7, 11) is 0. The fourth-order valence-electron chi connectivity index (χ4n) is 2.73. The van der Waals surface area contributed by atoms with E-state index in [1.165, 1.54) is 30.6 Å². The van der Waals surface area contributed by atoms with Crippen molar-refractivity contribution >= 4 is 11.8 Å². The van der Waals surface area contributed by atoms with E-state index in [0.717, 1.165) is 12.8 Å². The van der Waals surface area contributed by atoms with E-state index in [1.54, 1.807) is 0 Å². The third-order valence-electron chi connectivity index (χ3n) is 4.19. The lowest BCUT2D eigenvalue weighted by molar-refractivity contribution is -0.141. The Balaban J connectivity index is 2.41. The van der Waals surface area contributed by atoms with Gasteiger partial charge in [-0.3, -0.25) is 14.5 Å². The fourth-order valence-corrected chi connectivity index (χ4v) is 2.73. The van der Waals surface area contributed by atoms with Crippen LogP contribution in [0.4, 0.5) is 0 Å². The number of rotatable bonds is 9. The minimum absolute atomic E-state index is 0.0154. The fraction of sp³-hybridized carbons (Fsp3) is 0.875. The molecule has 4 nitrogen and oxygen atoms in total. The molecule has 0 saturated carbocycles. The smallest absolute Gasteiger partial charge is 0.247 e. The summed E-state index contributed by atoms with van der Waals surface area (Å²) in [5.41, 5.74) is 0. The Morgan fingerprint density at radius 2 is 1.90 bits per heavy atom. The topological polar surface area (TPSA) is 49.4 Å². The van der Waals surface area contributed by atoms with Crippen molar-refractivity contribution in [2.24, 2.45) is 0 Å². The van der Waals surface area contributed by atoms with Crippen molar-refractivity contribution in [3.05, 3.63) is 0 Å². The molecule has 0 aromatic carbocycles. The van der Waals surface area contributed by atoms with Crippen LogP contribution in [-0.4, -0.2) is 34.8 Å². The molecule has 0 aliphatic carbocycles. The first-order chi connectivity index (χ1) is 9.51. The molecule has 0 bridgehead atoms. The molecule has 1 saturated heterocycles. The molecule has 0 aromatic rings. The summed E-state index contributed by atoms with van der Waals surface area (Å²) in [6.07, 6.45) is 7.15. The zero-order valence-electron chi connectivity index (χ0n) is 13.4. The summed E-state index contributed by atoms with van der Waals surface area (Å²) >= 11 is 0. The van der Waals surface area contributed by atoms with E-state index in [-0.39, 0.29) is 23.9 Å². The Morgan fingerprint density at radius 3 is 2.50 bits per heavy atom. The van der Waals surface area contributed by atoms with Gasteiger partial charge in [0.25, 0.3) is 0 Å². The molecule has 0 radical (unpaired) electrons. The van der Waals surface area contributed by atoms with Gasteiger partial charge in [-0.05, 0) is 26.7 Å². The quantitative estimate of drug-likeness (QED) is 0.522. The van der Waals surface area contributed by atoms with Crippen LogP contribution < -0.4 is 5.32 Å². The molecule has 1 fully saturated rings. The predicted molar refractivity (Wildman–Crippen MR) is 81.4 cm³/mol. The van der Waals surface area contributed by atoms with Gasteiger partial charge in [0.1, 0.15) is 0 Å². The van der Waals surface area contributed by atoms with Gasteiger partial charge < -0.3 is 5.32 Å². The number of carbonyl (C=O) groups excluding carboxylic acids is 2. The van der Waals surface area contributed by atoms with Gasteiger partial charge in [-0.1, -0.05) is 39.5 Å². The maximum atomic E-state index is 12.3. The zero-order valence-corrected chi connectivity index (χ0v) is 13.4. The maximum absolute atomic E-state index is 12.3. The zero-order chi connectivity index (χ0) is 15.1. The molecule has 0 spiro atoms. The van der Waals surface area contributed by atoms with Crippen molar-refractivity contribution in [2.45, 2.75) is 90.8 Å². The highest BCUT2D eigenvalue weighted by atomic mass is 16.2. The molecule has 20 heavy (non-hydrogen) atoms. The van der Waals surface area contributed by atoms with Gasteiger partial charge >= 0.3 is 0 Å². The van der Waals surface area contributed by atoms with Crippen LogP contribution in [0.25, 0.3) is 0 Å². The molecule has 1 heterocycles. The Labute approximate surface area is 123 Å². The van der Waals surface area contributed by atoms with E-state index in [2.05, 4.69) is 19.2 Å². The monoisotopic (exact) mass is 282 g/mol. The number of amides is 2. The second kappa shape index (κ2) is 8.40. The predicted octanol–water partition coefficient (Wildman–Crippen LogP) is 2.86. The molecular formula is C16H30N2O2. The summed E-state index contributed by atoms with van der Waals surface area (Å²) in [6, 6.07) is 0.00447. The standard InChI is InChI=1S/C16H30N2O2/c1-5-7-8-9-10-12(3)17-14-11-15(19)18(16(14)20)13(4)6-2/h12-14,17H,5-11H2,1-4H3. The molecule has 3 atom stereocenters. The first-order valence-electron chi connectivity index (χ1n) is 8.13. The second-order valence-electron chi connectivity index (χ2n) is 6.03. The largest absolute Gasteiger partial charge is 0.303 e. The first kappa shape index (κ1) is 17.2. The summed E-state index contributed by atoms with van der Waals surface area (Å²) < 4.78 is 0. The number of nitrogens with zero attached hydrogens (tertiary/aromatic N) is 1. The van der Waals surface area contributed by atoms with Gasteiger partial charge in [0.2, 0.25) is 11.8 Å². The van der Waals surface area contributed by atoms with Gasteiger partial charge in [-0.25, -0.2) is 0 Å². The highest BCUT2D eigenvalue weighted by Gasteiger charge is 2.40. The SMILES string of the molecule is CCCCCCC(C)NC1CC(=O)N(C(C)CC)C1=O. The van der Waals surface area contributed by atoms with Crippen LogP contribution >= 0.6 is 0 Å². The third kappa shape index (κ3) is 4.58. The van der Waals surface area contributed by atoms with E-state index >= 15 is 0 Å². The molecule has 2 amide bonds. The average molecular weight is 282 g/mol. The maximum Gasteiger partial charge on any atom is 0.247 e. The number of nitrogens with one attached hydrogen (secondary N) is 1. The van der Waals surface area contributed by atoms with E-state index in [0.29, 0.717) is 12.5 Å². The van der Waals surface area contributed by atoms with E-state index in [4.69, 9.17) is 0 Å². The normalized spacial score (nSPS) is 22.4. The van der Waals surface area contributed by atoms with Crippen molar-refractivity contribution < 1.29 is 9.59 Å². The summed E-state index contributed by atoms with van der Waals surface area (Å²) in [6.45, 7) is 8.25. The van der Waals surface area contributed by atoms with Crippen LogP contribution in [0.3, 0.4) is 0 Å². The molecule has 4 heteroatoms. The second-order valence-corrected chi connectivity index (χ2v) is 6.03. The number of likely N-dealkylation sites (tertiary alicyclic amines) is 1. The highest BCUT2D eigenvalue weighted by Crippen LogP contribution is 2.19. The Kier molecular flexibility index (Phi) is 7.20. The summed E-state index contributed by atoms with van der Waals surface area (Å²) in [5.74, 6) is -0.0650. The summed E-state index contributed by atoms with van der Waals surface area (Å²) in [5, 5.41) is 3.33. The van der Waals surface area contributed by atoms with Gasteiger partial charge in [0.15, 0.2) is 0 Å². The van der Waals surface area contributed by atoms with Crippen LogP contribution in [0.1, 0.15) is 72.6 Å². The van der Waals surface area contributed by atoms with Crippen molar-refractivity contribution in [3.63, 3.8) is 0 Å². The molecular weight excluding hydrogens is 252 g/mol. The molecule has 0 aromatic heterocycles. The number of hydrogen-bond donors (Lipinski definition) is 1. The minimum atomic E-state index is -0.308. The van der Waals surface area contributed by atoms with Crippen LogP contribution in [0.15, 0.2) is 0 Å². The molecule has 1 aliphatic rings. The van der Waals surface area contributed by atoms with Crippen molar-refractivity contribution in [1.82, 2.24) is 10.2 Å². The molecule has 116 valence electrons. The van der Waals surface area contributed by atoms with Gasteiger partial charge in [0, 0.05) is 12.1 Å². The molecule has 3 unspecified atom stereocenters. The van der Waals surface area contributed by atoms with E-state index in [1.807, 2.05) is 13.8 Å². The third-order valence-corrected chi connectivity index (χ3v) is 4.19. The van der Waals surface area contributed by atoms with E-state index in [9.17, 15) is 9.59 Å². The Bertz CT molecular complexity index is 330. The Hall–Kier alpha value is -0.900. The van der Waals surface area contributed by atoms with Crippen molar-refractivity contribution in [3.8, 4) is 0 Å². The van der Waals surface area contributed by atoms with Crippen molar-refractivity contribution in [2.75, 3.05) is 0 Å². The number of imide groups is 1.